The molecule has 0 spiro atoms. The van der Waals surface area contributed by atoms with E-state index in [4.69, 9.17) is 5.11 Å². The van der Waals surface area contributed by atoms with Crippen molar-refractivity contribution in [3.63, 3.8) is 0 Å². The Labute approximate surface area is 213 Å². The van der Waals surface area contributed by atoms with Gasteiger partial charge in [-0.3, -0.25) is 0 Å². The largest absolute Gasteiger partial charge is 0.465 e. The van der Waals surface area contributed by atoms with E-state index in [9.17, 15) is 18.5 Å². The summed E-state index contributed by atoms with van der Waals surface area (Å²) >= 11 is 0. The van der Waals surface area contributed by atoms with Crippen LogP contribution in [0.15, 0.2) is 71.9 Å². The molecule has 0 radical (unpaired) electrons. The number of rotatable bonds is 6. The Morgan fingerprint density at radius 2 is 1.81 bits per heavy atom. The van der Waals surface area contributed by atoms with Crippen molar-refractivity contribution in [1.29, 1.82) is 5.26 Å². The number of carbonyl (C=O) groups is 1. The number of hydrogen-bond donors (Lipinski definition) is 3. The molecule has 11 heteroatoms. The van der Waals surface area contributed by atoms with Gasteiger partial charge in [0.2, 0.25) is 5.95 Å². The fraction of sp³-hybridized carbons (Fsp3) is 0.231. The summed E-state index contributed by atoms with van der Waals surface area (Å²) in [7, 11) is -3.90. The predicted molar refractivity (Wildman–Crippen MR) is 138 cm³/mol. The number of benzene rings is 2. The summed E-state index contributed by atoms with van der Waals surface area (Å²) in [6, 6.07) is 17.1. The van der Waals surface area contributed by atoms with Gasteiger partial charge in [0.15, 0.2) is 0 Å². The van der Waals surface area contributed by atoms with E-state index in [1.165, 1.54) is 28.5 Å². The maximum Gasteiger partial charge on any atom is 0.404 e. The predicted octanol–water partition coefficient (Wildman–Crippen LogP) is 4.20. The highest BCUT2D eigenvalue weighted by atomic mass is 32.2. The molecule has 4 aromatic rings. The Kier molecular flexibility index (Phi) is 6.50. The van der Waals surface area contributed by atoms with Gasteiger partial charge in [-0.15, -0.1) is 0 Å². The van der Waals surface area contributed by atoms with E-state index in [0.29, 0.717) is 28.6 Å². The highest BCUT2D eigenvalue weighted by Gasteiger charge is 2.26. The minimum atomic E-state index is -3.90. The lowest BCUT2D eigenvalue weighted by atomic mass is 9.91. The third-order valence-corrected chi connectivity index (χ3v) is 8.17. The summed E-state index contributed by atoms with van der Waals surface area (Å²) in [6.45, 7) is 0. The second-order valence-electron chi connectivity index (χ2n) is 8.90. The van der Waals surface area contributed by atoms with Crippen LogP contribution < -0.4 is 10.6 Å². The Bertz CT molecular complexity index is 1610. The van der Waals surface area contributed by atoms with Crippen LogP contribution in [0.5, 0.6) is 0 Å². The Morgan fingerprint density at radius 1 is 1.08 bits per heavy atom. The van der Waals surface area contributed by atoms with Crippen molar-refractivity contribution in [3.05, 3.63) is 72.6 Å². The molecule has 37 heavy (non-hydrogen) atoms. The SMILES string of the molecule is N#Cc1cnc(N[C@@H]2CCC[C@H](NC(=O)O)C2)nc1-c1cn(S(=O)(=O)c2ccccc2)c2ccccc12. The molecule has 0 aliphatic heterocycles. The monoisotopic (exact) mass is 516 g/mol. The molecule has 1 aliphatic carbocycles. The van der Waals surface area contributed by atoms with E-state index in [-0.39, 0.29) is 28.5 Å². The first kappa shape index (κ1) is 24.3. The molecule has 5 rings (SSSR count). The number of nitriles is 1. The molecule has 1 amide bonds. The van der Waals surface area contributed by atoms with Crippen molar-refractivity contribution in [2.45, 2.75) is 42.7 Å². The maximum atomic E-state index is 13.5. The van der Waals surface area contributed by atoms with Crippen LogP contribution in [0.1, 0.15) is 31.2 Å². The highest BCUT2D eigenvalue weighted by Crippen LogP contribution is 2.34. The van der Waals surface area contributed by atoms with Gasteiger partial charge >= 0.3 is 6.09 Å². The standard InChI is InChI=1S/C26H24N6O4S/c27-14-17-15-28-25(29-18-7-6-8-19(13-18)30-26(33)34)31-24(17)22-16-32(23-12-5-4-11-21(22)23)37(35,36)20-9-2-1-3-10-20/h1-5,9-12,15-16,18-19,30H,6-8,13H2,(H,33,34)(H,28,29,31)/t18-,19+/m1/s1. The van der Waals surface area contributed by atoms with Gasteiger partial charge in [-0.25, -0.2) is 27.2 Å². The van der Waals surface area contributed by atoms with Crippen LogP contribution in [-0.2, 0) is 10.0 Å². The van der Waals surface area contributed by atoms with Crippen molar-refractivity contribution < 1.29 is 18.3 Å². The number of fused-ring (bicyclic) bond motifs is 1. The Morgan fingerprint density at radius 3 is 2.57 bits per heavy atom. The fourth-order valence-corrected chi connectivity index (χ4v) is 6.18. The first-order valence-electron chi connectivity index (χ1n) is 11.8. The molecule has 1 fully saturated rings. The summed E-state index contributed by atoms with van der Waals surface area (Å²) in [5.74, 6) is 0.290. The minimum Gasteiger partial charge on any atom is -0.465 e. The third kappa shape index (κ3) is 4.83. The van der Waals surface area contributed by atoms with Gasteiger partial charge < -0.3 is 15.7 Å². The molecule has 10 nitrogen and oxygen atoms in total. The zero-order valence-corrected chi connectivity index (χ0v) is 20.5. The molecular formula is C26H24N6O4S. The van der Waals surface area contributed by atoms with Crippen LogP contribution in [0.4, 0.5) is 10.7 Å². The molecule has 2 heterocycles. The van der Waals surface area contributed by atoms with Gasteiger partial charge in [0, 0.05) is 29.2 Å². The zero-order valence-electron chi connectivity index (χ0n) is 19.7. The summed E-state index contributed by atoms with van der Waals surface area (Å²) < 4.78 is 28.2. The molecule has 188 valence electrons. The van der Waals surface area contributed by atoms with Gasteiger partial charge in [0.25, 0.3) is 10.0 Å². The number of nitrogens with zero attached hydrogens (tertiary/aromatic N) is 4. The summed E-state index contributed by atoms with van der Waals surface area (Å²) in [6.07, 6.45) is 4.87. The van der Waals surface area contributed by atoms with Crippen molar-refractivity contribution in [3.8, 4) is 17.3 Å². The molecule has 0 saturated heterocycles. The second-order valence-corrected chi connectivity index (χ2v) is 10.7. The fourth-order valence-electron chi connectivity index (χ4n) is 4.79. The molecule has 3 N–H and O–H groups in total. The van der Waals surface area contributed by atoms with Crippen LogP contribution >= 0.6 is 0 Å². The van der Waals surface area contributed by atoms with Crippen LogP contribution in [0, 0.1) is 11.3 Å². The molecule has 0 unspecified atom stereocenters. The number of para-hydroxylation sites is 1. The molecule has 1 aliphatic rings. The zero-order chi connectivity index (χ0) is 26.0. The van der Waals surface area contributed by atoms with Crippen LogP contribution in [0.3, 0.4) is 0 Å². The average Bonchev–Trinajstić information content (AvgIpc) is 3.29. The van der Waals surface area contributed by atoms with Crippen molar-refractivity contribution >= 4 is 33.0 Å². The van der Waals surface area contributed by atoms with E-state index >= 15 is 0 Å². The number of carboxylic acid groups (broad SMARTS) is 1. The lowest BCUT2D eigenvalue weighted by molar-refractivity contribution is 0.185. The summed E-state index contributed by atoms with van der Waals surface area (Å²) in [4.78, 5) is 20.1. The van der Waals surface area contributed by atoms with Crippen LogP contribution in [0.25, 0.3) is 22.2 Å². The maximum absolute atomic E-state index is 13.5. The van der Waals surface area contributed by atoms with Gasteiger partial charge in [-0.2, -0.15) is 5.26 Å². The molecule has 2 aromatic carbocycles. The Balaban J connectivity index is 1.55. The van der Waals surface area contributed by atoms with Gasteiger partial charge in [-0.05, 0) is 43.9 Å². The molecule has 2 atom stereocenters. The van der Waals surface area contributed by atoms with Gasteiger partial charge in [0.1, 0.15) is 6.07 Å². The van der Waals surface area contributed by atoms with E-state index in [1.54, 1.807) is 42.5 Å². The van der Waals surface area contributed by atoms with Gasteiger partial charge in [-0.1, -0.05) is 36.4 Å². The lowest BCUT2D eigenvalue weighted by Crippen LogP contribution is -2.41. The first-order valence-corrected chi connectivity index (χ1v) is 13.2. The average molecular weight is 517 g/mol. The smallest absolute Gasteiger partial charge is 0.404 e. The topological polar surface area (TPSA) is 150 Å². The van der Waals surface area contributed by atoms with Crippen molar-refractivity contribution in [1.82, 2.24) is 19.3 Å². The molecule has 1 saturated carbocycles. The van der Waals surface area contributed by atoms with E-state index < -0.39 is 16.1 Å². The number of aromatic nitrogens is 3. The van der Waals surface area contributed by atoms with Crippen LogP contribution in [-0.4, -0.2) is 45.6 Å². The molecule has 0 bridgehead atoms. The second kappa shape index (κ2) is 9.91. The van der Waals surface area contributed by atoms with E-state index in [1.807, 2.05) is 0 Å². The lowest BCUT2D eigenvalue weighted by Gasteiger charge is -2.29. The first-order chi connectivity index (χ1) is 17.9. The third-order valence-electron chi connectivity index (χ3n) is 6.48. The minimum absolute atomic E-state index is 0.0498. The number of hydrogen-bond acceptors (Lipinski definition) is 7. The normalized spacial score (nSPS) is 17.7. The number of anilines is 1. The van der Waals surface area contributed by atoms with Gasteiger partial charge in [0.05, 0.1) is 27.9 Å². The van der Waals surface area contributed by atoms with E-state index in [0.717, 1.165) is 19.3 Å². The van der Waals surface area contributed by atoms with Crippen molar-refractivity contribution in [2.24, 2.45) is 0 Å². The summed E-state index contributed by atoms with van der Waals surface area (Å²) in [5, 5.41) is 25.3. The quantitative estimate of drug-likeness (QED) is 0.345. The number of amides is 1. The number of nitrogens with one attached hydrogen (secondary N) is 2. The Hall–Kier alpha value is -4.43. The van der Waals surface area contributed by atoms with Crippen molar-refractivity contribution in [2.75, 3.05) is 5.32 Å². The highest BCUT2D eigenvalue weighted by molar-refractivity contribution is 7.90. The van der Waals surface area contributed by atoms with Crippen LogP contribution in [0.2, 0.25) is 0 Å². The molecular weight excluding hydrogens is 492 g/mol. The molecule has 2 aromatic heterocycles. The summed E-state index contributed by atoms with van der Waals surface area (Å²) in [5.41, 5.74) is 1.48. The van der Waals surface area contributed by atoms with E-state index in [2.05, 4.69) is 26.7 Å².